The van der Waals surface area contributed by atoms with Crippen LogP contribution in [0.25, 0.3) is 111 Å². The Kier molecular flexibility index (Phi) is 9.20. The molecular weight excluding hydrogens is 1090 g/mol. The zero-order valence-corrected chi connectivity index (χ0v) is 41.4. The third kappa shape index (κ3) is 7.53. The number of para-hydroxylation sites is 5. The average Bonchev–Trinajstić information content (AvgIpc) is 4.36. The minimum absolute atomic E-state index is 0. The number of hydrogen-bond acceptors (Lipinski definition) is 2. The third-order valence-corrected chi connectivity index (χ3v) is 13.6. The predicted octanol–water partition coefficient (Wildman–Crippen LogP) is 16.0. The summed E-state index contributed by atoms with van der Waals surface area (Å²) in [4.78, 5) is 4.84. The molecule has 0 radical (unpaired) electrons. The normalized spacial score (nSPS) is 13.2. The summed E-state index contributed by atoms with van der Waals surface area (Å²) >= 11 is 0. The van der Waals surface area contributed by atoms with E-state index in [-0.39, 0.29) is 43.6 Å². The maximum Gasteiger partial charge on any atom is 0.268 e. The fraction of sp³-hybridized carbons (Fsp3) is 0.0149. The van der Waals surface area contributed by atoms with Crippen molar-refractivity contribution >= 4 is 54.6 Å². The van der Waals surface area contributed by atoms with E-state index in [1.807, 2.05) is 124 Å². The summed E-state index contributed by atoms with van der Waals surface area (Å²) < 4.78 is 83.7. The minimum atomic E-state index is -2.80. The zero-order valence-electron chi connectivity index (χ0n) is 47.2. The molecule has 354 valence electrons. The van der Waals surface area contributed by atoms with E-state index >= 15 is 0 Å². The van der Waals surface area contributed by atoms with Gasteiger partial charge in [-0.25, -0.2) is 4.98 Å². The second-order valence-corrected chi connectivity index (χ2v) is 17.8. The van der Waals surface area contributed by atoms with Crippen molar-refractivity contribution in [1.29, 1.82) is 0 Å². The van der Waals surface area contributed by atoms with Gasteiger partial charge in [-0.15, -0.1) is 29.7 Å². The van der Waals surface area contributed by atoms with Gasteiger partial charge >= 0.3 is 0 Å². The molecule has 0 bridgehead atoms. The first-order chi connectivity index (χ1) is 39.4. The molecule has 0 aliphatic carbocycles. The molecule has 0 amide bonds. The van der Waals surface area contributed by atoms with E-state index in [0.29, 0.717) is 28.2 Å². The molecule has 74 heavy (non-hydrogen) atoms. The Morgan fingerprint density at radius 1 is 0.514 bits per heavy atom. The van der Waals surface area contributed by atoms with E-state index in [1.54, 1.807) is 0 Å². The van der Waals surface area contributed by atoms with Gasteiger partial charge in [0.05, 0.1) is 34.6 Å². The average molecular weight is 1140 g/mol. The molecule has 4 heterocycles. The molecule has 7 heteroatoms. The van der Waals surface area contributed by atoms with Crippen molar-refractivity contribution in [2.24, 2.45) is 0 Å². The summed E-state index contributed by atoms with van der Waals surface area (Å²) in [5.74, 6) is 0.948. The molecule has 0 aliphatic heterocycles. The summed E-state index contributed by atoms with van der Waals surface area (Å²) in [6, 6.07) is 73.1. The fourth-order valence-corrected chi connectivity index (χ4v) is 10.3. The van der Waals surface area contributed by atoms with Crippen LogP contribution in [0.15, 0.2) is 243 Å². The van der Waals surface area contributed by atoms with Crippen molar-refractivity contribution in [3.63, 3.8) is 0 Å². The smallest absolute Gasteiger partial charge is 0.268 e. The fourth-order valence-electron chi connectivity index (χ4n) is 10.3. The van der Waals surface area contributed by atoms with Crippen molar-refractivity contribution in [2.75, 3.05) is 0 Å². The maximum absolute atomic E-state index is 8.77. The van der Waals surface area contributed by atoms with Gasteiger partial charge in [-0.2, -0.15) is 18.2 Å². The third-order valence-electron chi connectivity index (χ3n) is 13.6. The van der Waals surface area contributed by atoms with Gasteiger partial charge in [0.15, 0.2) is 0 Å². The summed E-state index contributed by atoms with van der Waals surface area (Å²) in [6.45, 7) is -2.80. The standard InChI is InChI=1S/C67H43N5O.Pt/c1-45-39-66(68-43-59(45)48-23-9-4-10-24-48)72-62-38-35-50(71-60-31-13-11-27-55(60)56-28-12-14-32-61(56)71)41-58(62)57-37-36-52(42-65(57)72)73-51-26-17-25-49(40-51)69-44-70(64-34-16-15-33-63(64)69)67-53(46-19-5-2-6-20-46)29-18-30-54(67)47-21-7-3-8-22-47;/h2-39,41,43H,1H3;/q-2;/i1D3,4D,9D,10D,23D,24D;. The van der Waals surface area contributed by atoms with Crippen LogP contribution in [0.2, 0.25) is 0 Å². The van der Waals surface area contributed by atoms with Gasteiger partial charge < -0.3 is 18.4 Å². The second kappa shape index (κ2) is 18.5. The molecule has 14 aromatic rings. The largest absolute Gasteiger partial charge is 0.510 e. The molecule has 0 fully saturated rings. The number of ether oxygens (including phenoxy) is 1. The molecule has 0 N–H and O–H groups in total. The Hall–Kier alpha value is -9.09. The number of nitrogens with zero attached hydrogens (tertiary/aromatic N) is 5. The molecule has 0 atom stereocenters. The quantitative estimate of drug-likeness (QED) is 0.107. The van der Waals surface area contributed by atoms with Crippen molar-refractivity contribution in [3.05, 3.63) is 267 Å². The molecule has 14 rings (SSSR count). The summed E-state index contributed by atoms with van der Waals surface area (Å²) in [5.41, 5.74) is 11.3. The van der Waals surface area contributed by atoms with Crippen LogP contribution in [0, 0.1) is 25.3 Å². The Labute approximate surface area is 453 Å². The number of hydrogen-bond donors (Lipinski definition) is 0. The molecular formula is C67H43N5OPt-2. The van der Waals surface area contributed by atoms with Crippen molar-refractivity contribution in [3.8, 4) is 67.8 Å². The van der Waals surface area contributed by atoms with Gasteiger partial charge in [-0.3, -0.25) is 4.57 Å². The number of imidazole rings is 1. The van der Waals surface area contributed by atoms with Gasteiger partial charge in [0.2, 0.25) is 0 Å². The molecule has 0 spiro atoms. The number of benzene rings is 10. The Morgan fingerprint density at radius 2 is 1.15 bits per heavy atom. The Balaban J connectivity index is 0.00000631. The monoisotopic (exact) mass is 1140 g/mol. The van der Waals surface area contributed by atoms with Crippen molar-refractivity contribution in [2.45, 2.75) is 6.85 Å². The first-order valence-corrected chi connectivity index (χ1v) is 23.9. The van der Waals surface area contributed by atoms with Gasteiger partial charge in [-0.05, 0) is 87.7 Å². The first-order valence-electron chi connectivity index (χ1n) is 27.9. The van der Waals surface area contributed by atoms with E-state index in [9.17, 15) is 0 Å². The summed E-state index contributed by atoms with van der Waals surface area (Å²) in [7, 11) is 0. The van der Waals surface area contributed by atoms with Crippen LogP contribution >= 0.6 is 0 Å². The van der Waals surface area contributed by atoms with Crippen LogP contribution in [-0.4, -0.2) is 18.7 Å². The first kappa shape index (κ1) is 36.8. The number of fused-ring (bicyclic) bond motifs is 7. The maximum atomic E-state index is 8.77. The van der Waals surface area contributed by atoms with Crippen LogP contribution in [-0.2, 0) is 21.1 Å². The topological polar surface area (TPSA) is 40.8 Å². The van der Waals surface area contributed by atoms with E-state index in [2.05, 4.69) is 113 Å². The predicted molar refractivity (Wildman–Crippen MR) is 295 cm³/mol. The summed E-state index contributed by atoms with van der Waals surface area (Å²) in [6.07, 6.45) is 5.00. The van der Waals surface area contributed by atoms with E-state index in [0.717, 1.165) is 77.2 Å². The molecule has 0 saturated carbocycles. The molecule has 4 aromatic heterocycles. The Morgan fingerprint density at radius 3 is 1.86 bits per heavy atom. The number of rotatable bonds is 9. The number of aryl methyl sites for hydroxylation is 1. The van der Waals surface area contributed by atoms with Crippen molar-refractivity contribution < 1.29 is 41.3 Å². The second-order valence-electron chi connectivity index (χ2n) is 17.8. The van der Waals surface area contributed by atoms with Gasteiger partial charge in [0, 0.05) is 70.4 Å². The molecule has 0 saturated heterocycles. The van der Waals surface area contributed by atoms with E-state index in [1.165, 1.54) is 12.3 Å². The summed E-state index contributed by atoms with van der Waals surface area (Å²) in [5, 5.41) is 3.81. The SMILES string of the molecule is [2H]c1c([2H])c([2H])c(-c2cnc(-n3c4[c-]c(Oc5[c-]c(-n6[c-][n+](-c7c(-c8ccccc8)cccc7-c7ccccc7)c7ccccc76)ccc5)ccc4c4cc(-n5c6ccccc6c6ccccc65)ccc43)cc2C([2H])([2H])[2H])c([2H])c1[2H].[Pt]. The van der Waals surface area contributed by atoms with E-state index in [4.69, 9.17) is 20.7 Å². The molecule has 6 nitrogen and oxygen atoms in total. The van der Waals surface area contributed by atoms with Gasteiger partial charge in [0.25, 0.3) is 6.33 Å². The zero-order chi connectivity index (χ0) is 55.3. The van der Waals surface area contributed by atoms with Crippen LogP contribution in [0.3, 0.4) is 0 Å². The van der Waals surface area contributed by atoms with Crippen molar-refractivity contribution in [1.82, 2.24) is 18.7 Å². The number of pyridine rings is 1. The van der Waals surface area contributed by atoms with E-state index < -0.39 is 37.1 Å². The van der Waals surface area contributed by atoms with Crippen LogP contribution in [0.5, 0.6) is 11.5 Å². The molecule has 10 aromatic carbocycles. The van der Waals surface area contributed by atoms with Crippen LogP contribution in [0.1, 0.15) is 16.5 Å². The number of aromatic nitrogens is 5. The van der Waals surface area contributed by atoms with Crippen LogP contribution in [0.4, 0.5) is 0 Å². The van der Waals surface area contributed by atoms with Gasteiger partial charge in [0.1, 0.15) is 5.82 Å². The Bertz CT molecular complexity index is 4720. The van der Waals surface area contributed by atoms with Crippen LogP contribution < -0.4 is 9.30 Å². The van der Waals surface area contributed by atoms with Gasteiger partial charge in [-0.1, -0.05) is 175 Å². The minimum Gasteiger partial charge on any atom is -0.510 e. The molecule has 0 aliphatic rings. The molecule has 0 unspecified atom stereocenters.